The molecule has 0 aliphatic heterocycles. The highest BCUT2D eigenvalue weighted by Crippen LogP contribution is 2.16. The van der Waals surface area contributed by atoms with Crippen LogP contribution in [0, 0.1) is 11.8 Å². The molecule has 88 valence electrons. The molecule has 0 spiro atoms. The minimum atomic E-state index is -0.111. The molecule has 0 saturated heterocycles. The van der Waals surface area contributed by atoms with Gasteiger partial charge in [0, 0.05) is 0 Å². The quantitative estimate of drug-likeness (QED) is 0.763. The van der Waals surface area contributed by atoms with E-state index in [2.05, 4.69) is 27.7 Å². The number of aliphatic hydroxyl groups is 1. The Morgan fingerprint density at radius 3 is 1.71 bits per heavy atom. The minimum absolute atomic E-state index is 0.111. The van der Waals surface area contributed by atoms with Gasteiger partial charge in [0.15, 0.2) is 0 Å². The van der Waals surface area contributed by atoms with E-state index in [1.54, 1.807) is 0 Å². The SMILES string of the molecule is C=O.CC.CCC[C@H](C)C(O)C(C)C. The summed E-state index contributed by atoms with van der Waals surface area (Å²) < 4.78 is 0. The first-order valence-corrected chi connectivity index (χ1v) is 5.56. The van der Waals surface area contributed by atoms with Crippen LogP contribution in [0.4, 0.5) is 0 Å². The van der Waals surface area contributed by atoms with Gasteiger partial charge in [0.25, 0.3) is 0 Å². The molecule has 0 aliphatic carbocycles. The lowest BCUT2D eigenvalue weighted by atomic mass is 9.92. The average Bonchev–Trinajstić information content (AvgIpc) is 2.23. The van der Waals surface area contributed by atoms with Crippen molar-refractivity contribution in [2.45, 2.75) is 60.5 Å². The molecule has 2 heteroatoms. The molecule has 2 nitrogen and oxygen atoms in total. The Morgan fingerprint density at radius 2 is 1.50 bits per heavy atom. The van der Waals surface area contributed by atoms with Crippen molar-refractivity contribution < 1.29 is 9.90 Å². The van der Waals surface area contributed by atoms with Gasteiger partial charge in [-0.1, -0.05) is 48.0 Å². The van der Waals surface area contributed by atoms with E-state index in [0.717, 1.165) is 6.42 Å². The third kappa shape index (κ3) is 11.6. The Hall–Kier alpha value is -0.370. The van der Waals surface area contributed by atoms with Gasteiger partial charge in [-0.25, -0.2) is 0 Å². The van der Waals surface area contributed by atoms with Crippen LogP contribution in [0.3, 0.4) is 0 Å². The van der Waals surface area contributed by atoms with Gasteiger partial charge in [-0.3, -0.25) is 0 Å². The third-order valence-corrected chi connectivity index (χ3v) is 2.01. The molecule has 1 unspecified atom stereocenters. The Labute approximate surface area is 89.7 Å². The predicted octanol–water partition coefficient (Wildman–Crippen LogP) is 3.28. The smallest absolute Gasteiger partial charge is 0.106 e. The molecule has 2 atom stereocenters. The van der Waals surface area contributed by atoms with Gasteiger partial charge >= 0.3 is 0 Å². The lowest BCUT2D eigenvalue weighted by molar-refractivity contribution is -0.0979. The molecule has 0 fully saturated rings. The van der Waals surface area contributed by atoms with Crippen LogP contribution in [-0.4, -0.2) is 18.0 Å². The normalized spacial score (nSPS) is 13.1. The molecule has 0 radical (unpaired) electrons. The fourth-order valence-electron chi connectivity index (χ4n) is 1.28. The molecule has 0 amide bonds. The average molecular weight is 204 g/mol. The van der Waals surface area contributed by atoms with Gasteiger partial charge in [0.05, 0.1) is 6.10 Å². The van der Waals surface area contributed by atoms with Crippen molar-refractivity contribution in [3.63, 3.8) is 0 Å². The molecular weight excluding hydrogens is 176 g/mol. The highest BCUT2D eigenvalue weighted by molar-refractivity contribution is 5.10. The van der Waals surface area contributed by atoms with Crippen molar-refractivity contribution in [2.75, 3.05) is 0 Å². The van der Waals surface area contributed by atoms with Gasteiger partial charge in [0.1, 0.15) is 6.79 Å². The number of carbonyl (C=O) groups is 1. The lowest BCUT2D eigenvalue weighted by Crippen LogP contribution is -2.23. The van der Waals surface area contributed by atoms with Crippen molar-refractivity contribution in [1.29, 1.82) is 0 Å². The third-order valence-electron chi connectivity index (χ3n) is 2.01. The first-order chi connectivity index (χ1) is 6.59. The van der Waals surface area contributed by atoms with E-state index in [4.69, 9.17) is 4.79 Å². The van der Waals surface area contributed by atoms with Gasteiger partial charge in [-0.15, -0.1) is 0 Å². The van der Waals surface area contributed by atoms with Gasteiger partial charge in [-0.2, -0.15) is 0 Å². The number of aliphatic hydroxyl groups excluding tert-OH is 1. The second kappa shape index (κ2) is 15.1. The molecule has 0 aromatic rings. The second-order valence-electron chi connectivity index (χ2n) is 3.50. The van der Waals surface area contributed by atoms with E-state index in [-0.39, 0.29) is 6.10 Å². The summed E-state index contributed by atoms with van der Waals surface area (Å²) in [7, 11) is 0. The second-order valence-corrected chi connectivity index (χ2v) is 3.50. The zero-order valence-corrected chi connectivity index (χ0v) is 10.7. The highest BCUT2D eigenvalue weighted by atomic mass is 16.3. The van der Waals surface area contributed by atoms with Crippen LogP contribution in [0.1, 0.15) is 54.4 Å². The Balaban J connectivity index is -0.000000266. The van der Waals surface area contributed by atoms with Crippen LogP contribution in [-0.2, 0) is 4.79 Å². The van der Waals surface area contributed by atoms with Gasteiger partial charge < -0.3 is 9.90 Å². The fraction of sp³-hybridized carbons (Fsp3) is 0.917. The molecule has 0 aliphatic rings. The van der Waals surface area contributed by atoms with Crippen LogP contribution in [0.2, 0.25) is 0 Å². The summed E-state index contributed by atoms with van der Waals surface area (Å²) in [5, 5.41) is 9.53. The summed E-state index contributed by atoms with van der Waals surface area (Å²) in [6, 6.07) is 0. The van der Waals surface area contributed by atoms with Crippen molar-refractivity contribution >= 4 is 6.79 Å². The van der Waals surface area contributed by atoms with Crippen molar-refractivity contribution in [2.24, 2.45) is 11.8 Å². The zero-order chi connectivity index (χ0) is 12.1. The number of hydrogen-bond acceptors (Lipinski definition) is 2. The molecule has 0 aromatic carbocycles. The van der Waals surface area contributed by atoms with Crippen molar-refractivity contribution in [1.82, 2.24) is 0 Å². The van der Waals surface area contributed by atoms with E-state index in [1.807, 2.05) is 20.6 Å². The van der Waals surface area contributed by atoms with Crippen LogP contribution in [0.25, 0.3) is 0 Å². The first-order valence-electron chi connectivity index (χ1n) is 5.56. The van der Waals surface area contributed by atoms with E-state index in [1.165, 1.54) is 6.42 Å². The van der Waals surface area contributed by atoms with Crippen LogP contribution in [0.5, 0.6) is 0 Å². The molecule has 0 heterocycles. The summed E-state index contributed by atoms with van der Waals surface area (Å²) in [5.41, 5.74) is 0. The Bertz CT molecular complexity index is 92.3. The molecule has 14 heavy (non-hydrogen) atoms. The Morgan fingerprint density at radius 1 is 1.14 bits per heavy atom. The number of hydrogen-bond donors (Lipinski definition) is 1. The summed E-state index contributed by atoms with van der Waals surface area (Å²) in [6.07, 6.45) is 2.20. The molecule has 1 N–H and O–H groups in total. The first kappa shape index (κ1) is 19.2. The monoisotopic (exact) mass is 204 g/mol. The number of rotatable bonds is 4. The van der Waals surface area contributed by atoms with E-state index in [9.17, 15) is 5.11 Å². The summed E-state index contributed by atoms with van der Waals surface area (Å²) in [5.74, 6) is 0.867. The molecule has 0 rings (SSSR count). The molecule has 0 saturated carbocycles. The maximum Gasteiger partial charge on any atom is 0.106 e. The van der Waals surface area contributed by atoms with E-state index >= 15 is 0 Å². The Kier molecular flexibility index (Phi) is 20.8. The van der Waals surface area contributed by atoms with Gasteiger partial charge in [-0.05, 0) is 18.3 Å². The zero-order valence-electron chi connectivity index (χ0n) is 10.7. The summed E-state index contributed by atoms with van der Waals surface area (Å²) in [4.78, 5) is 8.00. The summed E-state index contributed by atoms with van der Waals surface area (Å²) >= 11 is 0. The minimum Gasteiger partial charge on any atom is -0.393 e. The standard InChI is InChI=1S/C9H20O.C2H6.CH2O/c1-5-6-8(4)9(10)7(2)3;2*1-2/h7-10H,5-6H2,1-4H3;1-2H3;1H2/t8-,9?;;/m0../s1. The topological polar surface area (TPSA) is 37.3 Å². The highest BCUT2D eigenvalue weighted by Gasteiger charge is 2.15. The lowest BCUT2D eigenvalue weighted by Gasteiger charge is -2.21. The van der Waals surface area contributed by atoms with Crippen molar-refractivity contribution in [3.8, 4) is 0 Å². The van der Waals surface area contributed by atoms with Gasteiger partial charge in [0.2, 0.25) is 0 Å². The molecule has 0 bridgehead atoms. The van der Waals surface area contributed by atoms with E-state index in [0.29, 0.717) is 11.8 Å². The maximum atomic E-state index is 9.53. The largest absolute Gasteiger partial charge is 0.393 e. The molecular formula is C12H28O2. The number of carbonyl (C=O) groups excluding carboxylic acids is 1. The van der Waals surface area contributed by atoms with E-state index < -0.39 is 0 Å². The predicted molar refractivity (Wildman–Crippen MR) is 63.4 cm³/mol. The van der Waals surface area contributed by atoms with Crippen LogP contribution in [0.15, 0.2) is 0 Å². The maximum absolute atomic E-state index is 9.53. The molecule has 0 aromatic heterocycles. The fourth-order valence-corrected chi connectivity index (χ4v) is 1.28. The van der Waals surface area contributed by atoms with Crippen LogP contribution < -0.4 is 0 Å². The summed E-state index contributed by atoms with van der Waals surface area (Å²) in [6.45, 7) is 14.4. The van der Waals surface area contributed by atoms with Crippen LogP contribution >= 0.6 is 0 Å². The van der Waals surface area contributed by atoms with Crippen molar-refractivity contribution in [3.05, 3.63) is 0 Å².